The van der Waals surface area contributed by atoms with Crippen molar-refractivity contribution in [3.63, 3.8) is 0 Å². The van der Waals surface area contributed by atoms with Crippen molar-refractivity contribution in [3.8, 4) is 0 Å². The van der Waals surface area contributed by atoms with E-state index in [1.165, 1.54) is 0 Å². The number of esters is 1. The molecule has 2 aliphatic carbocycles. The van der Waals surface area contributed by atoms with E-state index in [1.54, 1.807) is 0 Å². The lowest BCUT2D eigenvalue weighted by molar-refractivity contribution is -0.157. The van der Waals surface area contributed by atoms with Gasteiger partial charge >= 0.3 is 11.9 Å². The van der Waals surface area contributed by atoms with Crippen LogP contribution in [0.25, 0.3) is 0 Å². The summed E-state index contributed by atoms with van der Waals surface area (Å²) < 4.78 is 5.86. The van der Waals surface area contributed by atoms with Gasteiger partial charge in [-0.05, 0) is 43.1 Å². The fourth-order valence-corrected chi connectivity index (χ4v) is 4.53. The fraction of sp³-hybridized carbons (Fsp3) is 0.739. The van der Waals surface area contributed by atoms with Gasteiger partial charge in [-0.25, -0.2) is 0 Å². The number of aliphatic hydroxyl groups excluding tert-OH is 3. The molecule has 0 amide bonds. The van der Waals surface area contributed by atoms with E-state index in [-0.39, 0.29) is 42.2 Å². The van der Waals surface area contributed by atoms with E-state index in [9.17, 15) is 24.9 Å². The zero-order valence-electron chi connectivity index (χ0n) is 18.1. The van der Waals surface area contributed by atoms with E-state index in [2.05, 4.69) is 0 Å². The van der Waals surface area contributed by atoms with Crippen LogP contribution in [0.3, 0.4) is 0 Å². The molecule has 8 atom stereocenters. The highest BCUT2D eigenvalue weighted by molar-refractivity contribution is 5.72. The SMILES string of the molecule is CCC(C)C(=O)O[C@H]1CC=CC2=C[C@H](O)[C@H](C)[C@H](CC[C@@H](O)C[C@@H](O)CC(=O)O)[C@H]21. The van der Waals surface area contributed by atoms with Gasteiger partial charge in [0.05, 0.1) is 30.7 Å². The number of carbonyl (C=O) groups excluding carboxylic acids is 1. The first kappa shape index (κ1) is 24.6. The monoisotopic (exact) mass is 424 g/mol. The van der Waals surface area contributed by atoms with E-state index in [4.69, 9.17) is 9.84 Å². The number of ether oxygens (including phenoxy) is 1. The van der Waals surface area contributed by atoms with E-state index in [0.717, 1.165) is 5.57 Å². The lowest BCUT2D eigenvalue weighted by atomic mass is 9.65. The van der Waals surface area contributed by atoms with Crippen molar-refractivity contribution in [1.82, 2.24) is 0 Å². The second-order valence-corrected chi connectivity index (χ2v) is 8.85. The summed E-state index contributed by atoms with van der Waals surface area (Å²) >= 11 is 0. The summed E-state index contributed by atoms with van der Waals surface area (Å²) in [5, 5.41) is 39.3. The van der Waals surface area contributed by atoms with Crippen molar-refractivity contribution in [2.75, 3.05) is 0 Å². The summed E-state index contributed by atoms with van der Waals surface area (Å²) in [6.45, 7) is 5.75. The van der Waals surface area contributed by atoms with Crippen LogP contribution in [-0.2, 0) is 14.3 Å². The summed E-state index contributed by atoms with van der Waals surface area (Å²) in [5.41, 5.74) is 0.958. The molecule has 2 rings (SSSR count). The largest absolute Gasteiger partial charge is 0.481 e. The van der Waals surface area contributed by atoms with Crippen LogP contribution in [0.1, 0.15) is 59.3 Å². The Bertz CT molecular complexity index is 656. The van der Waals surface area contributed by atoms with E-state index in [1.807, 2.05) is 39.0 Å². The minimum atomic E-state index is -1.10. The number of aliphatic hydroxyl groups is 3. The summed E-state index contributed by atoms with van der Waals surface area (Å²) in [7, 11) is 0. The van der Waals surface area contributed by atoms with Crippen molar-refractivity contribution >= 4 is 11.9 Å². The minimum absolute atomic E-state index is 0.00432. The Kier molecular flexibility index (Phi) is 9.07. The topological polar surface area (TPSA) is 124 Å². The third-order valence-electron chi connectivity index (χ3n) is 6.57. The van der Waals surface area contributed by atoms with Crippen LogP contribution in [0.4, 0.5) is 0 Å². The number of carboxylic acid groups (broad SMARTS) is 1. The quantitative estimate of drug-likeness (QED) is 0.397. The Morgan fingerprint density at radius 3 is 2.60 bits per heavy atom. The number of carbonyl (C=O) groups is 2. The highest BCUT2D eigenvalue weighted by Crippen LogP contribution is 2.44. The molecule has 0 radical (unpaired) electrons. The maximum atomic E-state index is 12.4. The molecule has 0 saturated heterocycles. The second-order valence-electron chi connectivity index (χ2n) is 8.85. The minimum Gasteiger partial charge on any atom is -0.481 e. The first-order valence-electron chi connectivity index (χ1n) is 11.0. The molecule has 7 heteroatoms. The zero-order chi connectivity index (χ0) is 22.4. The predicted molar refractivity (Wildman–Crippen MR) is 111 cm³/mol. The molecule has 0 spiro atoms. The third-order valence-corrected chi connectivity index (χ3v) is 6.57. The van der Waals surface area contributed by atoms with Crippen molar-refractivity contribution in [2.45, 2.75) is 83.7 Å². The van der Waals surface area contributed by atoms with Crippen LogP contribution in [0, 0.1) is 23.7 Å². The van der Waals surface area contributed by atoms with Crippen LogP contribution in [-0.4, -0.2) is 56.8 Å². The van der Waals surface area contributed by atoms with Crippen LogP contribution in [0.5, 0.6) is 0 Å². The van der Waals surface area contributed by atoms with Gasteiger partial charge in [0.1, 0.15) is 6.10 Å². The number of fused-ring (bicyclic) bond motifs is 1. The van der Waals surface area contributed by atoms with Gasteiger partial charge < -0.3 is 25.2 Å². The molecule has 0 aliphatic heterocycles. The summed E-state index contributed by atoms with van der Waals surface area (Å²) in [6, 6.07) is 0. The molecule has 0 aromatic carbocycles. The molecule has 4 N–H and O–H groups in total. The van der Waals surface area contributed by atoms with Crippen molar-refractivity contribution in [2.24, 2.45) is 23.7 Å². The molecular weight excluding hydrogens is 388 g/mol. The maximum Gasteiger partial charge on any atom is 0.308 e. The average molecular weight is 425 g/mol. The molecule has 0 saturated carbocycles. The highest BCUT2D eigenvalue weighted by atomic mass is 16.5. The smallest absolute Gasteiger partial charge is 0.308 e. The Balaban J connectivity index is 2.09. The average Bonchev–Trinajstić information content (AvgIpc) is 2.67. The molecule has 0 bridgehead atoms. The van der Waals surface area contributed by atoms with E-state index < -0.39 is 30.7 Å². The summed E-state index contributed by atoms with van der Waals surface area (Å²) in [6.07, 6.45) is 4.79. The molecule has 0 aromatic rings. The normalized spacial score (nSPS) is 31.3. The molecule has 2 aliphatic rings. The van der Waals surface area contributed by atoms with Gasteiger partial charge in [0.2, 0.25) is 0 Å². The van der Waals surface area contributed by atoms with Gasteiger partial charge in [-0.15, -0.1) is 0 Å². The Hall–Kier alpha value is -1.70. The van der Waals surface area contributed by atoms with Crippen molar-refractivity contribution in [3.05, 3.63) is 23.8 Å². The van der Waals surface area contributed by atoms with E-state index >= 15 is 0 Å². The standard InChI is InChI=1S/C23H36O7/c1-4-13(2)23(29)30-20-7-5-6-15-10-19(26)14(3)18(22(15)20)9-8-16(24)11-17(25)12-21(27)28/h5-6,10,13-14,16-20,22,24-26H,4,7-9,11-12H2,1-3H3,(H,27,28)/t13?,14-,16-,17-,18+,19+,20+,22+/m1/s1. The van der Waals surface area contributed by atoms with Crippen molar-refractivity contribution in [1.29, 1.82) is 0 Å². The van der Waals surface area contributed by atoms with Crippen molar-refractivity contribution < 1.29 is 34.8 Å². The van der Waals surface area contributed by atoms with Gasteiger partial charge in [-0.2, -0.15) is 0 Å². The van der Waals surface area contributed by atoms with Gasteiger partial charge in [-0.3, -0.25) is 9.59 Å². The molecule has 0 heterocycles. The molecule has 0 fully saturated rings. The maximum absolute atomic E-state index is 12.4. The summed E-state index contributed by atoms with van der Waals surface area (Å²) in [5.74, 6) is -1.64. The molecule has 7 nitrogen and oxygen atoms in total. The van der Waals surface area contributed by atoms with Gasteiger partial charge in [0, 0.05) is 12.3 Å². The van der Waals surface area contributed by atoms with E-state index in [0.29, 0.717) is 25.7 Å². The predicted octanol–water partition coefficient (Wildman–Crippen LogP) is 2.44. The number of carboxylic acids is 1. The van der Waals surface area contributed by atoms with Crippen LogP contribution >= 0.6 is 0 Å². The Morgan fingerprint density at radius 2 is 1.97 bits per heavy atom. The number of hydrogen-bond donors (Lipinski definition) is 4. The zero-order valence-corrected chi connectivity index (χ0v) is 18.1. The Labute approximate surface area is 178 Å². The summed E-state index contributed by atoms with van der Waals surface area (Å²) in [4.78, 5) is 23.1. The molecule has 1 unspecified atom stereocenters. The lowest BCUT2D eigenvalue weighted by Crippen LogP contribution is -2.44. The molecule has 30 heavy (non-hydrogen) atoms. The molecular formula is C23H36O7. The first-order chi connectivity index (χ1) is 14.1. The van der Waals surface area contributed by atoms with Crippen LogP contribution < -0.4 is 0 Å². The lowest BCUT2D eigenvalue weighted by Gasteiger charge is -2.44. The fourth-order valence-electron chi connectivity index (χ4n) is 4.53. The second kappa shape index (κ2) is 11.1. The van der Waals surface area contributed by atoms with Gasteiger partial charge in [0.25, 0.3) is 0 Å². The molecule has 170 valence electrons. The van der Waals surface area contributed by atoms with Crippen LogP contribution in [0.15, 0.2) is 23.8 Å². The highest BCUT2D eigenvalue weighted by Gasteiger charge is 2.43. The third kappa shape index (κ3) is 6.40. The molecule has 0 aromatic heterocycles. The Morgan fingerprint density at radius 1 is 1.27 bits per heavy atom. The number of rotatable bonds is 10. The first-order valence-corrected chi connectivity index (χ1v) is 11.0. The van der Waals surface area contributed by atoms with Crippen LogP contribution in [0.2, 0.25) is 0 Å². The number of aliphatic carboxylic acids is 1. The van der Waals surface area contributed by atoms with Gasteiger partial charge in [-0.1, -0.05) is 39.0 Å². The number of allylic oxidation sites excluding steroid dienone is 1. The van der Waals surface area contributed by atoms with Gasteiger partial charge in [0.15, 0.2) is 0 Å². The number of hydrogen-bond acceptors (Lipinski definition) is 6.